The van der Waals surface area contributed by atoms with Gasteiger partial charge < -0.3 is 14.9 Å². The summed E-state index contributed by atoms with van der Waals surface area (Å²) in [5.74, 6) is -0.306. The van der Waals surface area contributed by atoms with Crippen LogP contribution in [0.4, 0.5) is 5.69 Å². The first-order valence-corrected chi connectivity index (χ1v) is 5.79. The van der Waals surface area contributed by atoms with E-state index < -0.39 is 0 Å². The lowest BCUT2D eigenvalue weighted by Crippen LogP contribution is -2.35. The quantitative estimate of drug-likeness (QED) is 0.805. The highest BCUT2D eigenvalue weighted by atomic mass is 16.5. The van der Waals surface area contributed by atoms with Crippen LogP contribution in [0.5, 0.6) is 11.5 Å². The zero-order valence-electron chi connectivity index (χ0n) is 10.2. The van der Waals surface area contributed by atoms with Crippen molar-refractivity contribution >= 4 is 17.8 Å². The minimum absolute atomic E-state index is 0.0682. The fraction of sp³-hybridized carbons (Fsp3) is 0.231. The van der Waals surface area contributed by atoms with Crippen molar-refractivity contribution in [2.24, 2.45) is 4.99 Å². The van der Waals surface area contributed by atoms with E-state index in [0.29, 0.717) is 12.1 Å². The summed E-state index contributed by atoms with van der Waals surface area (Å²) in [4.78, 5) is 17.9. The molecule has 0 aromatic heterocycles. The van der Waals surface area contributed by atoms with Crippen LogP contribution in [0.3, 0.4) is 0 Å². The minimum atomic E-state index is -0.359. The average molecular weight is 260 g/mol. The van der Waals surface area contributed by atoms with Gasteiger partial charge in [0.1, 0.15) is 0 Å². The SMILES string of the molecule is COc1cc2c(cc1O)N=C[C@@H]1CC=C(O)N1C2=O. The number of benzene rings is 1. The van der Waals surface area contributed by atoms with Gasteiger partial charge in [-0.05, 0) is 18.6 Å². The fourth-order valence-electron chi connectivity index (χ4n) is 2.28. The van der Waals surface area contributed by atoms with Gasteiger partial charge in [0.25, 0.3) is 5.91 Å². The summed E-state index contributed by atoms with van der Waals surface area (Å²) in [7, 11) is 1.40. The molecule has 0 fully saturated rings. The molecule has 2 N–H and O–H groups in total. The third-order valence-electron chi connectivity index (χ3n) is 3.25. The molecule has 1 amide bonds. The highest BCUT2D eigenvalue weighted by Gasteiger charge is 2.34. The second-order valence-corrected chi connectivity index (χ2v) is 4.36. The van der Waals surface area contributed by atoms with Crippen molar-refractivity contribution in [3.05, 3.63) is 29.7 Å². The lowest BCUT2D eigenvalue weighted by molar-refractivity contribution is 0.0729. The summed E-state index contributed by atoms with van der Waals surface area (Å²) in [5, 5.41) is 19.5. The first kappa shape index (κ1) is 11.6. The molecule has 0 unspecified atom stereocenters. The number of amides is 1. The van der Waals surface area contributed by atoms with Crippen molar-refractivity contribution < 1.29 is 19.7 Å². The number of aliphatic imine (C=N–C) groups is 1. The predicted molar refractivity (Wildman–Crippen MR) is 68.1 cm³/mol. The highest BCUT2D eigenvalue weighted by Crippen LogP contribution is 2.37. The predicted octanol–water partition coefficient (Wildman–Crippen LogP) is 1.73. The molecule has 1 aromatic rings. The lowest BCUT2D eigenvalue weighted by Gasteiger charge is -2.20. The number of phenols is 1. The highest BCUT2D eigenvalue weighted by molar-refractivity contribution is 6.04. The smallest absolute Gasteiger partial charge is 0.263 e. The number of ether oxygens (including phenoxy) is 1. The van der Waals surface area contributed by atoms with Gasteiger partial charge in [0.05, 0.1) is 24.4 Å². The number of hydrogen-bond donors (Lipinski definition) is 2. The maximum atomic E-state index is 12.4. The third kappa shape index (κ3) is 1.64. The van der Waals surface area contributed by atoms with Crippen LogP contribution >= 0.6 is 0 Å². The summed E-state index contributed by atoms with van der Waals surface area (Å²) in [6.45, 7) is 0. The lowest BCUT2D eigenvalue weighted by atomic mass is 10.1. The Morgan fingerprint density at radius 3 is 2.95 bits per heavy atom. The van der Waals surface area contributed by atoms with E-state index in [4.69, 9.17) is 4.74 Å². The summed E-state index contributed by atoms with van der Waals surface area (Å²) in [6, 6.07) is 2.53. The van der Waals surface area contributed by atoms with Crippen molar-refractivity contribution in [3.8, 4) is 11.5 Å². The number of aliphatic hydroxyl groups excluding tert-OH is 1. The van der Waals surface area contributed by atoms with Crippen molar-refractivity contribution in [3.63, 3.8) is 0 Å². The number of fused-ring (bicyclic) bond motifs is 2. The maximum absolute atomic E-state index is 12.4. The summed E-state index contributed by atoms with van der Waals surface area (Å²) >= 11 is 0. The van der Waals surface area contributed by atoms with Crippen LogP contribution in [0.1, 0.15) is 16.8 Å². The Bertz CT molecular complexity index is 621. The van der Waals surface area contributed by atoms with Gasteiger partial charge in [0.15, 0.2) is 17.4 Å². The Labute approximate surface area is 109 Å². The standard InChI is InChI=1S/C13H12N2O4/c1-19-11-4-8-9(5-10(11)16)14-6-7-2-3-12(17)15(7)13(8)18/h3-7,16-17H,2H2,1H3/t7-/m0/s1. The van der Waals surface area contributed by atoms with Gasteiger partial charge >= 0.3 is 0 Å². The molecule has 19 heavy (non-hydrogen) atoms. The molecule has 0 saturated carbocycles. The number of aliphatic hydroxyl groups is 1. The average Bonchev–Trinajstić information content (AvgIpc) is 2.70. The van der Waals surface area contributed by atoms with Crippen LogP contribution in [-0.4, -0.2) is 40.4 Å². The Kier molecular flexibility index (Phi) is 2.45. The number of carbonyl (C=O) groups is 1. The van der Waals surface area contributed by atoms with Crippen LogP contribution in [0, 0.1) is 0 Å². The molecule has 0 aliphatic carbocycles. The van der Waals surface area contributed by atoms with Crippen LogP contribution in [0.2, 0.25) is 0 Å². The molecule has 0 radical (unpaired) electrons. The summed E-state index contributed by atoms with van der Waals surface area (Å²) < 4.78 is 4.99. The second-order valence-electron chi connectivity index (χ2n) is 4.36. The van der Waals surface area contributed by atoms with Gasteiger partial charge in [-0.15, -0.1) is 0 Å². The van der Waals surface area contributed by atoms with E-state index in [2.05, 4.69) is 4.99 Å². The molecule has 2 aliphatic rings. The summed E-state index contributed by atoms with van der Waals surface area (Å²) in [5.41, 5.74) is 0.653. The number of methoxy groups -OCH3 is 1. The van der Waals surface area contributed by atoms with E-state index in [9.17, 15) is 15.0 Å². The van der Waals surface area contributed by atoms with E-state index in [1.165, 1.54) is 24.1 Å². The van der Waals surface area contributed by atoms with Crippen LogP contribution < -0.4 is 4.74 Å². The van der Waals surface area contributed by atoms with Gasteiger partial charge in [-0.3, -0.25) is 14.7 Å². The third-order valence-corrected chi connectivity index (χ3v) is 3.25. The van der Waals surface area contributed by atoms with Crippen molar-refractivity contribution in [2.75, 3.05) is 7.11 Å². The van der Waals surface area contributed by atoms with Gasteiger partial charge in [-0.1, -0.05) is 0 Å². The van der Waals surface area contributed by atoms with Crippen LogP contribution in [-0.2, 0) is 0 Å². The number of nitrogens with zero attached hydrogens (tertiary/aromatic N) is 2. The zero-order chi connectivity index (χ0) is 13.6. The fourth-order valence-corrected chi connectivity index (χ4v) is 2.28. The molecule has 0 saturated heterocycles. The van der Waals surface area contributed by atoms with Gasteiger partial charge in [-0.2, -0.15) is 0 Å². The molecule has 98 valence electrons. The largest absolute Gasteiger partial charge is 0.504 e. The van der Waals surface area contributed by atoms with Gasteiger partial charge in [-0.25, -0.2) is 0 Å². The molecular weight excluding hydrogens is 248 g/mol. The molecule has 0 bridgehead atoms. The molecule has 1 aromatic carbocycles. The van der Waals surface area contributed by atoms with E-state index in [-0.39, 0.29) is 34.9 Å². The molecule has 2 heterocycles. The van der Waals surface area contributed by atoms with Crippen molar-refractivity contribution in [1.82, 2.24) is 4.90 Å². The molecule has 1 atom stereocenters. The Hall–Kier alpha value is -2.50. The maximum Gasteiger partial charge on any atom is 0.263 e. The molecular formula is C13H12N2O4. The molecule has 6 nitrogen and oxygen atoms in total. The van der Waals surface area contributed by atoms with E-state index in [0.717, 1.165) is 0 Å². The number of phenolic OH excluding ortho intramolecular Hbond substituents is 1. The Morgan fingerprint density at radius 2 is 2.21 bits per heavy atom. The number of rotatable bonds is 1. The van der Waals surface area contributed by atoms with Gasteiger partial charge in [0, 0.05) is 12.3 Å². The zero-order valence-corrected chi connectivity index (χ0v) is 10.2. The molecule has 0 spiro atoms. The van der Waals surface area contributed by atoms with Gasteiger partial charge in [0.2, 0.25) is 0 Å². The molecule has 6 heteroatoms. The number of carbonyl (C=O) groups excluding carboxylic acids is 1. The van der Waals surface area contributed by atoms with Crippen LogP contribution in [0.25, 0.3) is 0 Å². The summed E-state index contributed by atoms with van der Waals surface area (Å²) in [6.07, 6.45) is 3.70. The second kappa shape index (κ2) is 4.01. The van der Waals surface area contributed by atoms with E-state index in [1.807, 2.05) is 0 Å². The normalized spacial score (nSPS) is 20.7. The van der Waals surface area contributed by atoms with E-state index in [1.54, 1.807) is 12.3 Å². The Morgan fingerprint density at radius 1 is 1.42 bits per heavy atom. The number of aromatic hydroxyl groups is 1. The van der Waals surface area contributed by atoms with Crippen molar-refractivity contribution in [1.29, 1.82) is 0 Å². The Balaban J connectivity index is 2.15. The molecule has 2 aliphatic heterocycles. The topological polar surface area (TPSA) is 82.4 Å². The monoisotopic (exact) mass is 260 g/mol. The molecule has 3 rings (SSSR count). The minimum Gasteiger partial charge on any atom is -0.504 e. The number of hydrogen-bond acceptors (Lipinski definition) is 5. The first-order valence-electron chi connectivity index (χ1n) is 5.79. The van der Waals surface area contributed by atoms with E-state index >= 15 is 0 Å². The first-order chi connectivity index (χ1) is 9.11. The van der Waals surface area contributed by atoms with Crippen molar-refractivity contribution in [2.45, 2.75) is 12.5 Å². The van der Waals surface area contributed by atoms with Crippen LogP contribution in [0.15, 0.2) is 29.1 Å².